The average Bonchev–Trinajstić information content (AvgIpc) is 2.91. The van der Waals surface area contributed by atoms with Crippen LogP contribution < -0.4 is 5.73 Å². The predicted octanol–water partition coefficient (Wildman–Crippen LogP) is 0.533. The zero-order valence-corrected chi connectivity index (χ0v) is 34.2. The van der Waals surface area contributed by atoms with E-state index in [4.69, 9.17) is 15.2 Å². The molecule has 5 rings (SSSR count). The van der Waals surface area contributed by atoms with Crippen molar-refractivity contribution in [2.24, 2.45) is 28.4 Å². The number of nitrogens with two attached hydrogens (primary N) is 1. The molecule has 226 valence electrons. The molecule has 1 aliphatic heterocycles. The van der Waals surface area contributed by atoms with Gasteiger partial charge in [-0.05, 0) is 36.5 Å². The first-order valence-electron chi connectivity index (χ1n) is 13.9. The monoisotopic (exact) mass is 1010 g/mol. The Morgan fingerprint density at radius 1 is 1.12 bits per heavy atom. The van der Waals surface area contributed by atoms with Gasteiger partial charge in [-0.15, -0.1) is 0 Å². The summed E-state index contributed by atoms with van der Waals surface area (Å²) in [6.07, 6.45) is -6.58. The van der Waals surface area contributed by atoms with Crippen LogP contribution in [0.2, 0.25) is 0 Å². The van der Waals surface area contributed by atoms with Crippen molar-refractivity contribution in [3.63, 3.8) is 0 Å². The standard InChI is InChI=1S/C30H41NO9.2Ac/c1-14-17(40-26(36)23(34)21(31)16-9-7-6-8-10-16)12-30(38)15(2)24-28(5,18(32)11-19-29(24,37)13-39-19)25(35)22(33)20(14)27(30,3)4;;/h6-10,15,17-19,21-24,32-34,37-38H,11-13,31H2,1-5H3;;/t15?,17?,18?,19?,21?,22?,23?,24?,28-,29?,30?;;/m1../s1. The molecule has 1 aromatic rings. The van der Waals surface area contributed by atoms with Gasteiger partial charge < -0.3 is 40.7 Å². The first kappa shape index (κ1) is 37.2. The predicted molar refractivity (Wildman–Crippen MR) is 142 cm³/mol. The summed E-state index contributed by atoms with van der Waals surface area (Å²) in [4.78, 5) is 27.2. The minimum atomic E-state index is -1.74. The van der Waals surface area contributed by atoms with E-state index >= 15 is 0 Å². The second-order valence-electron chi connectivity index (χ2n) is 13.0. The van der Waals surface area contributed by atoms with Crippen molar-refractivity contribution < 1.29 is 133 Å². The maximum absolute atomic E-state index is 14.1. The zero-order chi connectivity index (χ0) is 29.6. The molecular weight excluding hydrogens is 972 g/mol. The van der Waals surface area contributed by atoms with Crippen LogP contribution in [0, 0.1) is 111 Å². The van der Waals surface area contributed by atoms with Crippen molar-refractivity contribution >= 4 is 11.8 Å². The first-order chi connectivity index (χ1) is 18.5. The van der Waals surface area contributed by atoms with Crippen LogP contribution in [-0.2, 0) is 19.1 Å². The van der Waals surface area contributed by atoms with Crippen molar-refractivity contribution in [1.29, 1.82) is 0 Å². The van der Waals surface area contributed by atoms with Crippen LogP contribution in [-0.4, -0.2) is 85.6 Å². The zero-order valence-electron chi connectivity index (χ0n) is 24.7. The minimum Gasteiger partial charge on any atom is -0.456 e. The van der Waals surface area contributed by atoms with E-state index in [1.54, 1.807) is 65.0 Å². The summed E-state index contributed by atoms with van der Waals surface area (Å²) >= 11 is 0. The summed E-state index contributed by atoms with van der Waals surface area (Å²) in [6, 6.07) is 7.55. The number of fused-ring (bicyclic) bond motifs is 5. The van der Waals surface area contributed by atoms with Gasteiger partial charge in [-0.25, -0.2) is 4.79 Å². The summed E-state index contributed by atoms with van der Waals surface area (Å²) in [5, 5.41) is 57.9. The van der Waals surface area contributed by atoms with Gasteiger partial charge >= 0.3 is 5.97 Å². The van der Waals surface area contributed by atoms with Gasteiger partial charge in [0.2, 0.25) is 0 Å². The molecule has 2 bridgehead atoms. The van der Waals surface area contributed by atoms with Crippen LogP contribution in [0.4, 0.5) is 0 Å². The molecular formula is C30H41Ac2NO9. The Kier molecular flexibility index (Phi) is 11.3. The number of carbonyl (C=O) groups excluding carboxylic acids is 2. The number of Topliss-reactive ketones (excluding diaryl/α,β-unsaturated/α-hetero) is 1. The van der Waals surface area contributed by atoms with E-state index < -0.39 is 82.2 Å². The maximum atomic E-state index is 14.1. The van der Waals surface area contributed by atoms with Gasteiger partial charge in [0.15, 0.2) is 11.9 Å². The Morgan fingerprint density at radius 3 is 2.26 bits per heavy atom. The van der Waals surface area contributed by atoms with Crippen LogP contribution in [0.25, 0.3) is 0 Å². The molecule has 0 aromatic heterocycles. The Bertz CT molecular complexity index is 1240. The molecule has 3 fully saturated rings. The van der Waals surface area contributed by atoms with E-state index in [0.717, 1.165) is 0 Å². The molecule has 7 N–H and O–H groups in total. The molecule has 12 heteroatoms. The number of esters is 1. The summed E-state index contributed by atoms with van der Waals surface area (Å²) in [6.45, 7) is 8.26. The second-order valence-corrected chi connectivity index (χ2v) is 13.0. The fourth-order valence-corrected chi connectivity index (χ4v) is 8.33. The first-order valence-corrected chi connectivity index (χ1v) is 13.9. The Labute approximate surface area is 317 Å². The quantitative estimate of drug-likeness (QED) is 0.184. The van der Waals surface area contributed by atoms with E-state index in [9.17, 15) is 35.1 Å². The van der Waals surface area contributed by atoms with E-state index in [0.29, 0.717) is 11.1 Å². The van der Waals surface area contributed by atoms with Crippen LogP contribution in [0.5, 0.6) is 0 Å². The van der Waals surface area contributed by atoms with Crippen molar-refractivity contribution in [1.82, 2.24) is 0 Å². The number of hydrogen-bond acceptors (Lipinski definition) is 10. The number of hydrogen-bond donors (Lipinski definition) is 6. The van der Waals surface area contributed by atoms with E-state index in [2.05, 4.69) is 0 Å². The van der Waals surface area contributed by atoms with Gasteiger partial charge in [-0.1, -0.05) is 51.1 Å². The molecule has 1 saturated heterocycles. The molecule has 1 aromatic carbocycles. The molecule has 2 radical (unpaired) electrons. The van der Waals surface area contributed by atoms with Gasteiger partial charge in [0, 0.05) is 112 Å². The summed E-state index contributed by atoms with van der Waals surface area (Å²) in [7, 11) is 0. The fraction of sp³-hybridized carbons (Fsp3) is 0.667. The molecule has 0 amide bonds. The van der Waals surface area contributed by atoms with Gasteiger partial charge in [0.05, 0.1) is 35.9 Å². The SMILES string of the molecule is CC1=C2C(O)C(=O)[C@]3(C)C(O)CC4OCC4(O)C3C(C)C(O)(CC1OC(=O)C(O)C(N)c1ccccc1)C2(C)C.[Ac].[Ac]. The fourth-order valence-electron chi connectivity index (χ4n) is 8.33. The Morgan fingerprint density at radius 2 is 1.71 bits per heavy atom. The van der Waals surface area contributed by atoms with Gasteiger partial charge in [-0.3, -0.25) is 4.79 Å². The van der Waals surface area contributed by atoms with E-state index in [1.165, 1.54) is 0 Å². The Balaban J connectivity index is 0.00000242. The average molecular weight is 1010 g/mol. The molecule has 2 saturated carbocycles. The summed E-state index contributed by atoms with van der Waals surface area (Å²) < 4.78 is 11.3. The maximum Gasteiger partial charge on any atom is 0.337 e. The van der Waals surface area contributed by atoms with Crippen LogP contribution in [0.1, 0.15) is 59.1 Å². The van der Waals surface area contributed by atoms with Crippen molar-refractivity contribution in [2.75, 3.05) is 6.61 Å². The van der Waals surface area contributed by atoms with Crippen molar-refractivity contribution in [3.05, 3.63) is 47.0 Å². The van der Waals surface area contributed by atoms with E-state index in [1.807, 2.05) is 0 Å². The van der Waals surface area contributed by atoms with Crippen LogP contribution in [0.3, 0.4) is 0 Å². The molecule has 11 atom stereocenters. The molecule has 1 heterocycles. The Hall–Kier alpha value is 0.703. The number of aliphatic hydroxyl groups excluding tert-OH is 3. The molecule has 42 heavy (non-hydrogen) atoms. The third-order valence-electron chi connectivity index (χ3n) is 10.9. The van der Waals surface area contributed by atoms with Gasteiger partial charge in [-0.2, -0.15) is 0 Å². The van der Waals surface area contributed by atoms with Crippen LogP contribution in [0.15, 0.2) is 41.5 Å². The number of rotatable bonds is 4. The van der Waals surface area contributed by atoms with Gasteiger partial charge in [0.1, 0.15) is 17.8 Å². The number of ether oxygens (including phenoxy) is 2. The largest absolute Gasteiger partial charge is 0.456 e. The minimum absolute atomic E-state index is 0. The third kappa shape index (κ3) is 5.24. The number of ketones is 1. The van der Waals surface area contributed by atoms with Crippen molar-refractivity contribution in [2.45, 2.75) is 95.2 Å². The van der Waals surface area contributed by atoms with Crippen LogP contribution >= 0.6 is 0 Å². The molecule has 4 aliphatic rings. The van der Waals surface area contributed by atoms with E-state index in [-0.39, 0.29) is 113 Å². The number of aliphatic hydroxyl groups is 5. The number of benzene rings is 1. The molecule has 0 spiro atoms. The summed E-state index contributed by atoms with van der Waals surface area (Å²) in [5.41, 5.74) is 1.27. The number of carbonyl (C=O) groups is 2. The van der Waals surface area contributed by atoms with Crippen molar-refractivity contribution in [3.8, 4) is 0 Å². The molecule has 10 unspecified atom stereocenters. The molecule has 10 nitrogen and oxygen atoms in total. The summed E-state index contributed by atoms with van der Waals surface area (Å²) in [5.74, 6) is -3.45. The smallest absolute Gasteiger partial charge is 0.337 e. The normalized spacial score (nSPS) is 41.7. The molecule has 3 aliphatic carbocycles. The third-order valence-corrected chi connectivity index (χ3v) is 10.9. The topological polar surface area (TPSA) is 180 Å². The van der Waals surface area contributed by atoms with Gasteiger partial charge in [0.25, 0.3) is 0 Å². The second kappa shape index (κ2) is 12.7.